The number of primary amides is 1. The number of nitrogens with zero attached hydrogens (tertiary/aromatic N) is 1. The van der Waals surface area contributed by atoms with Crippen LogP contribution in [0.3, 0.4) is 0 Å². The van der Waals surface area contributed by atoms with Crippen LogP contribution in [0.25, 0.3) is 10.9 Å². The third-order valence-electron chi connectivity index (χ3n) is 12.1. The fourth-order valence-electron chi connectivity index (χ4n) is 8.06. The van der Waals surface area contributed by atoms with Crippen molar-refractivity contribution in [3.63, 3.8) is 0 Å². The summed E-state index contributed by atoms with van der Waals surface area (Å²) in [6.45, 7) is 10.2. The van der Waals surface area contributed by atoms with Gasteiger partial charge in [0.15, 0.2) is 0 Å². The van der Waals surface area contributed by atoms with E-state index in [4.69, 9.17) is 11.5 Å². The highest BCUT2D eigenvalue weighted by molar-refractivity contribution is 5.97. The van der Waals surface area contributed by atoms with Crippen LogP contribution in [0.5, 0.6) is 0 Å². The highest BCUT2D eigenvalue weighted by Gasteiger charge is 2.33. The quantitative estimate of drug-likeness (QED) is 0.0347. The van der Waals surface area contributed by atoms with E-state index < -0.39 is 108 Å². The number of nitrogens with one attached hydrogen (secondary N) is 9. The molecule has 2 unspecified atom stereocenters. The maximum atomic E-state index is 14.2. The van der Waals surface area contributed by atoms with Crippen LogP contribution in [-0.4, -0.2) is 122 Å². The second-order valence-electron chi connectivity index (χ2n) is 19.0. The second-order valence-corrected chi connectivity index (χ2v) is 19.0. The molecular weight excluding hydrogens is 925 g/mol. The number of para-hydroxylation sites is 1. The molecule has 0 fully saturated rings. The summed E-state index contributed by atoms with van der Waals surface area (Å²) in [5, 5.41) is 30.4. The molecule has 2 aromatic heterocycles. The van der Waals surface area contributed by atoms with Crippen molar-refractivity contribution < 1.29 is 43.5 Å². The Balaban J connectivity index is 1.44. The Hall–Kier alpha value is -7.13. The fourth-order valence-corrected chi connectivity index (χ4v) is 8.06. The van der Waals surface area contributed by atoms with Crippen LogP contribution in [0.4, 0.5) is 0 Å². The number of nitrogens with two attached hydrogens (primary N) is 2. The van der Waals surface area contributed by atoms with Gasteiger partial charge in [-0.2, -0.15) is 0 Å². The number of aliphatic hydroxyl groups is 1. The van der Waals surface area contributed by atoms with Gasteiger partial charge < -0.3 is 63.8 Å². The van der Waals surface area contributed by atoms with Gasteiger partial charge in [0.1, 0.15) is 30.2 Å². The standard InChI is InChI=1S/C51H74N12O9/c1-7-8-18-42(64)39(21-29(2)3)61-50(71)41(24-34-26-54-28-57-34)59-44(66)27-56-51(72)45(30(4)5)63-46(67)31(6)58-49(70)40(23-33-25-55-37-17-13-12-16-35(33)37)62-48(69)38(19-20-43(53)65)60-47(68)36(52)22-32-14-10-9-11-15-32/h9-17,25-26,28-31,36,38-42,45,55,64H,7-8,18-24,27,52H2,1-6H3,(H2,53,65)(H,54,57)(H,56,72)(H,58,70)(H,59,66)(H,60,68)(H,61,71)(H,62,69)(H,63,67)/t31-,36-,38-,39?,40-,41-,42?,45-/m0/s1. The number of aromatic amines is 2. The summed E-state index contributed by atoms with van der Waals surface area (Å²) in [7, 11) is 0. The third kappa shape index (κ3) is 18.6. The molecule has 8 amide bonds. The molecular formula is C51H74N12O9. The molecule has 14 N–H and O–H groups in total. The molecule has 0 aliphatic carbocycles. The molecule has 0 aliphatic rings. The molecule has 0 saturated heterocycles. The molecule has 4 rings (SSSR count). The summed E-state index contributed by atoms with van der Waals surface area (Å²) in [6, 6.07) is 8.53. The van der Waals surface area contributed by atoms with Crippen LogP contribution in [0, 0.1) is 11.8 Å². The van der Waals surface area contributed by atoms with Crippen LogP contribution < -0.4 is 48.7 Å². The number of imidazole rings is 1. The van der Waals surface area contributed by atoms with Gasteiger partial charge in [0.05, 0.1) is 31.1 Å². The lowest BCUT2D eigenvalue weighted by Crippen LogP contribution is -2.59. The van der Waals surface area contributed by atoms with Crippen LogP contribution in [0.15, 0.2) is 73.3 Å². The third-order valence-corrected chi connectivity index (χ3v) is 12.1. The van der Waals surface area contributed by atoms with Gasteiger partial charge in [-0.3, -0.25) is 38.4 Å². The van der Waals surface area contributed by atoms with Gasteiger partial charge in [-0.25, -0.2) is 4.98 Å². The van der Waals surface area contributed by atoms with Crippen molar-refractivity contribution in [3.8, 4) is 0 Å². The van der Waals surface area contributed by atoms with Crippen LogP contribution in [-0.2, 0) is 57.6 Å². The number of unbranched alkanes of at least 4 members (excludes halogenated alkanes) is 1. The zero-order valence-corrected chi connectivity index (χ0v) is 42.1. The molecule has 0 aliphatic heterocycles. The van der Waals surface area contributed by atoms with E-state index in [1.807, 2.05) is 51.1 Å². The predicted octanol–water partition coefficient (Wildman–Crippen LogP) is 0.810. The monoisotopic (exact) mass is 999 g/mol. The Kier molecular flexibility index (Phi) is 22.9. The van der Waals surface area contributed by atoms with Crippen LogP contribution in [0.2, 0.25) is 0 Å². The highest BCUT2D eigenvalue weighted by Crippen LogP contribution is 2.20. The molecule has 0 spiro atoms. The predicted molar refractivity (Wildman–Crippen MR) is 271 cm³/mol. The summed E-state index contributed by atoms with van der Waals surface area (Å²) in [5.74, 6) is -6.00. The fraction of sp³-hybridized carbons (Fsp3) is 0.510. The Morgan fingerprint density at radius 2 is 1.35 bits per heavy atom. The van der Waals surface area contributed by atoms with Gasteiger partial charge in [-0.1, -0.05) is 96.0 Å². The van der Waals surface area contributed by atoms with Crippen molar-refractivity contribution in [1.82, 2.24) is 52.2 Å². The zero-order chi connectivity index (χ0) is 52.9. The number of benzene rings is 2. The first-order chi connectivity index (χ1) is 34.3. The molecule has 21 heteroatoms. The number of carbonyl (C=O) groups excluding carboxylic acids is 8. The number of carbonyl (C=O) groups is 8. The number of aromatic nitrogens is 3. The van der Waals surface area contributed by atoms with Crippen molar-refractivity contribution >= 4 is 58.2 Å². The summed E-state index contributed by atoms with van der Waals surface area (Å²) >= 11 is 0. The summed E-state index contributed by atoms with van der Waals surface area (Å²) in [6.07, 6.45) is 6.18. The summed E-state index contributed by atoms with van der Waals surface area (Å²) in [4.78, 5) is 118. The number of hydrogen-bond acceptors (Lipinski definition) is 11. The molecule has 0 saturated carbocycles. The van der Waals surface area contributed by atoms with Crippen molar-refractivity contribution in [2.24, 2.45) is 23.3 Å². The maximum Gasteiger partial charge on any atom is 0.243 e. The molecule has 0 radical (unpaired) electrons. The first kappa shape index (κ1) is 57.4. The average Bonchev–Trinajstić information content (AvgIpc) is 4.02. The lowest BCUT2D eigenvalue weighted by atomic mass is 9.95. The van der Waals surface area contributed by atoms with E-state index in [9.17, 15) is 43.5 Å². The van der Waals surface area contributed by atoms with E-state index in [-0.39, 0.29) is 38.0 Å². The SMILES string of the molecule is CCCCC(O)C(CC(C)C)NC(=O)[C@H](Cc1cnc[nH]1)NC(=O)CNC(=O)[C@@H](NC(=O)[C@H](C)NC(=O)[C@H](Cc1c[nH]c2ccccc12)NC(=O)[C@H](CCC(N)=O)NC(=O)[C@@H](N)Cc1ccccc1)C(C)C. The van der Waals surface area contributed by atoms with Gasteiger partial charge in [-0.05, 0) is 61.6 Å². The Bertz CT molecular complexity index is 2410. The van der Waals surface area contributed by atoms with Gasteiger partial charge in [0.25, 0.3) is 0 Å². The minimum Gasteiger partial charge on any atom is -0.391 e. The highest BCUT2D eigenvalue weighted by atomic mass is 16.3. The van der Waals surface area contributed by atoms with E-state index in [0.717, 1.165) is 29.3 Å². The van der Waals surface area contributed by atoms with Crippen LogP contribution in [0.1, 0.15) is 96.9 Å². The average molecular weight is 999 g/mol. The Morgan fingerprint density at radius 3 is 2.00 bits per heavy atom. The second kappa shape index (κ2) is 28.7. The van der Waals surface area contributed by atoms with Crippen LogP contribution >= 0.6 is 0 Å². The molecule has 72 heavy (non-hydrogen) atoms. The number of fused-ring (bicyclic) bond motifs is 1. The normalized spacial score (nSPS) is 14.7. The number of rotatable bonds is 30. The summed E-state index contributed by atoms with van der Waals surface area (Å²) in [5.41, 5.74) is 14.4. The molecule has 8 atom stereocenters. The first-order valence-electron chi connectivity index (χ1n) is 24.6. The minimum atomic E-state index is -1.33. The number of H-pyrrole nitrogens is 2. The lowest BCUT2D eigenvalue weighted by Gasteiger charge is -2.28. The summed E-state index contributed by atoms with van der Waals surface area (Å²) < 4.78 is 0. The van der Waals surface area contributed by atoms with Gasteiger partial charge in [0, 0.05) is 48.3 Å². The van der Waals surface area contributed by atoms with E-state index in [1.165, 1.54) is 19.4 Å². The topological polar surface area (TPSA) is 338 Å². The van der Waals surface area contributed by atoms with Crippen molar-refractivity contribution in [1.29, 1.82) is 0 Å². The van der Waals surface area contributed by atoms with Gasteiger partial charge >= 0.3 is 0 Å². The molecule has 392 valence electrons. The Morgan fingerprint density at radius 1 is 0.694 bits per heavy atom. The zero-order valence-electron chi connectivity index (χ0n) is 42.1. The van der Waals surface area contributed by atoms with Crippen molar-refractivity contribution in [3.05, 3.63) is 90.1 Å². The smallest absolute Gasteiger partial charge is 0.243 e. The number of aliphatic hydroxyl groups excluding tert-OH is 1. The van der Waals surface area contributed by atoms with Crippen molar-refractivity contribution in [2.45, 2.75) is 148 Å². The lowest BCUT2D eigenvalue weighted by molar-refractivity contribution is -0.135. The van der Waals surface area contributed by atoms with E-state index >= 15 is 0 Å². The van der Waals surface area contributed by atoms with Gasteiger partial charge in [0.2, 0.25) is 47.3 Å². The molecule has 21 nitrogen and oxygen atoms in total. The van der Waals surface area contributed by atoms with Crippen molar-refractivity contribution in [2.75, 3.05) is 6.54 Å². The largest absolute Gasteiger partial charge is 0.391 e. The van der Waals surface area contributed by atoms with E-state index in [0.29, 0.717) is 24.1 Å². The van der Waals surface area contributed by atoms with E-state index in [1.54, 1.807) is 44.3 Å². The minimum absolute atomic E-state index is 0.0436. The van der Waals surface area contributed by atoms with E-state index in [2.05, 4.69) is 52.2 Å². The number of hydrogen-bond donors (Lipinski definition) is 12. The Labute approximate surface area is 420 Å². The first-order valence-corrected chi connectivity index (χ1v) is 24.6. The molecule has 2 heterocycles. The van der Waals surface area contributed by atoms with Gasteiger partial charge in [-0.15, -0.1) is 0 Å². The maximum absolute atomic E-state index is 14.2. The number of amides is 8. The molecule has 0 bridgehead atoms. The molecule has 2 aromatic carbocycles. The molecule has 4 aromatic rings.